The Hall–Kier alpha value is -3.41. The number of nitrogens with zero attached hydrogens (tertiary/aromatic N) is 2. The highest BCUT2D eigenvalue weighted by Crippen LogP contribution is 2.27. The topological polar surface area (TPSA) is 95.3 Å². The molecule has 0 fully saturated rings. The molecule has 6 heteroatoms. The first kappa shape index (κ1) is 15.5. The number of carboxylic acids is 1. The van der Waals surface area contributed by atoms with E-state index in [9.17, 15) is 9.90 Å². The summed E-state index contributed by atoms with van der Waals surface area (Å²) in [6, 6.07) is 17.8. The van der Waals surface area contributed by atoms with E-state index in [2.05, 4.69) is 15.5 Å². The summed E-state index contributed by atoms with van der Waals surface area (Å²) in [7, 11) is 0. The highest BCUT2D eigenvalue weighted by atomic mass is 16.4. The van der Waals surface area contributed by atoms with Crippen LogP contribution in [0.5, 0.6) is 5.75 Å². The minimum absolute atomic E-state index is 0.0121. The Bertz CT molecular complexity index is 849. The molecule has 0 saturated heterocycles. The highest BCUT2D eigenvalue weighted by Gasteiger charge is 2.08. The fourth-order valence-electron chi connectivity index (χ4n) is 2.27. The molecule has 2 aromatic carbocycles. The van der Waals surface area contributed by atoms with Crippen molar-refractivity contribution in [2.24, 2.45) is 0 Å². The Kier molecular flexibility index (Phi) is 4.38. The summed E-state index contributed by atoms with van der Waals surface area (Å²) in [4.78, 5) is 10.8. The molecule has 0 saturated carbocycles. The number of rotatable bonds is 5. The molecule has 1 heterocycles. The van der Waals surface area contributed by atoms with Crippen molar-refractivity contribution < 1.29 is 15.0 Å². The zero-order valence-electron chi connectivity index (χ0n) is 12.7. The van der Waals surface area contributed by atoms with E-state index in [0.717, 1.165) is 11.3 Å². The molecule has 1 aromatic heterocycles. The maximum absolute atomic E-state index is 10.8. The predicted octanol–water partition coefficient (Wildman–Crippen LogP) is 3.22. The van der Waals surface area contributed by atoms with Crippen LogP contribution in [0.3, 0.4) is 0 Å². The summed E-state index contributed by atoms with van der Waals surface area (Å²) in [5.74, 6) is -0.464. The van der Waals surface area contributed by atoms with E-state index in [1.165, 1.54) is 6.07 Å². The van der Waals surface area contributed by atoms with Gasteiger partial charge in [0.25, 0.3) is 0 Å². The molecule has 24 heavy (non-hydrogen) atoms. The lowest BCUT2D eigenvalue weighted by atomic mass is 10.1. The smallest absolute Gasteiger partial charge is 0.307 e. The maximum atomic E-state index is 10.8. The van der Waals surface area contributed by atoms with Crippen LogP contribution in [0.2, 0.25) is 0 Å². The molecule has 0 atom stereocenters. The molecule has 0 unspecified atom stereocenters. The lowest BCUT2D eigenvalue weighted by molar-refractivity contribution is -0.136. The normalized spacial score (nSPS) is 10.3. The third-order valence-electron chi connectivity index (χ3n) is 3.41. The molecular formula is C18H15N3O3. The second kappa shape index (κ2) is 6.78. The van der Waals surface area contributed by atoms with Gasteiger partial charge in [-0.25, -0.2) is 0 Å². The van der Waals surface area contributed by atoms with Crippen molar-refractivity contribution in [1.82, 2.24) is 10.2 Å². The number of benzene rings is 2. The summed E-state index contributed by atoms with van der Waals surface area (Å²) < 4.78 is 0. The van der Waals surface area contributed by atoms with E-state index in [-0.39, 0.29) is 12.2 Å². The molecular weight excluding hydrogens is 306 g/mol. The Balaban J connectivity index is 1.80. The predicted molar refractivity (Wildman–Crippen MR) is 90.2 cm³/mol. The number of aromatic nitrogens is 2. The average molecular weight is 321 g/mol. The maximum Gasteiger partial charge on any atom is 0.307 e. The molecule has 0 bridgehead atoms. The first-order chi connectivity index (χ1) is 11.6. The van der Waals surface area contributed by atoms with E-state index in [1.807, 2.05) is 36.4 Å². The molecule has 0 aliphatic heterocycles. The van der Waals surface area contributed by atoms with Crippen LogP contribution in [0, 0.1) is 0 Å². The molecule has 3 aromatic rings. The Morgan fingerprint density at radius 2 is 1.79 bits per heavy atom. The minimum atomic E-state index is -0.932. The summed E-state index contributed by atoms with van der Waals surface area (Å²) >= 11 is 0. The van der Waals surface area contributed by atoms with Gasteiger partial charge in [-0.2, -0.15) is 0 Å². The van der Waals surface area contributed by atoms with Crippen LogP contribution in [0.15, 0.2) is 60.7 Å². The molecule has 0 amide bonds. The number of phenols is 1. The van der Waals surface area contributed by atoms with Gasteiger partial charge in [-0.3, -0.25) is 4.79 Å². The second-order valence-corrected chi connectivity index (χ2v) is 5.22. The molecule has 6 nitrogen and oxygen atoms in total. The van der Waals surface area contributed by atoms with Crippen LogP contribution in [-0.2, 0) is 11.2 Å². The molecule has 0 radical (unpaired) electrons. The number of anilines is 2. The van der Waals surface area contributed by atoms with Crippen LogP contribution in [0.1, 0.15) is 5.56 Å². The van der Waals surface area contributed by atoms with Crippen molar-refractivity contribution in [2.45, 2.75) is 6.42 Å². The Morgan fingerprint density at radius 3 is 2.46 bits per heavy atom. The van der Waals surface area contributed by atoms with Crippen LogP contribution < -0.4 is 5.32 Å². The van der Waals surface area contributed by atoms with Crippen molar-refractivity contribution in [1.29, 1.82) is 0 Å². The lowest BCUT2D eigenvalue weighted by Crippen LogP contribution is -2.01. The first-order valence-corrected chi connectivity index (χ1v) is 7.32. The Labute approximate surface area is 138 Å². The molecule has 0 aliphatic rings. The van der Waals surface area contributed by atoms with Crippen molar-refractivity contribution in [3.8, 4) is 17.0 Å². The van der Waals surface area contributed by atoms with Gasteiger partial charge in [0.15, 0.2) is 5.82 Å². The summed E-state index contributed by atoms with van der Waals surface area (Å²) in [6.45, 7) is 0. The minimum Gasteiger partial charge on any atom is -0.506 e. The van der Waals surface area contributed by atoms with E-state index in [4.69, 9.17) is 5.11 Å². The number of phenolic OH excluding ortho intramolecular Hbond substituents is 1. The summed E-state index contributed by atoms with van der Waals surface area (Å²) in [6.07, 6.45) is -0.117. The molecule has 0 spiro atoms. The number of nitrogens with one attached hydrogen (secondary N) is 1. The summed E-state index contributed by atoms with van der Waals surface area (Å²) in [5, 5.41) is 30.0. The van der Waals surface area contributed by atoms with Crippen molar-refractivity contribution in [2.75, 3.05) is 5.32 Å². The van der Waals surface area contributed by atoms with Gasteiger partial charge in [-0.05, 0) is 29.8 Å². The van der Waals surface area contributed by atoms with Gasteiger partial charge in [0.1, 0.15) is 5.75 Å². The standard InChI is InChI=1S/C18H15N3O3/c22-16-8-6-12(11-18(23)24)10-15(16)19-17-9-7-14(20-21-17)13-4-2-1-3-5-13/h1-10,22H,11H2,(H,19,21)(H,23,24). The number of aromatic hydroxyl groups is 1. The fraction of sp³-hybridized carbons (Fsp3) is 0.0556. The zero-order chi connectivity index (χ0) is 16.9. The molecule has 0 aliphatic carbocycles. The van der Waals surface area contributed by atoms with Gasteiger partial charge >= 0.3 is 5.97 Å². The second-order valence-electron chi connectivity index (χ2n) is 5.22. The van der Waals surface area contributed by atoms with Crippen LogP contribution in [-0.4, -0.2) is 26.4 Å². The number of hydrogen-bond acceptors (Lipinski definition) is 5. The monoisotopic (exact) mass is 321 g/mol. The van der Waals surface area contributed by atoms with Gasteiger partial charge in [0.05, 0.1) is 17.8 Å². The third kappa shape index (κ3) is 3.67. The Morgan fingerprint density at radius 1 is 1.00 bits per heavy atom. The van der Waals surface area contributed by atoms with Gasteiger partial charge < -0.3 is 15.5 Å². The lowest BCUT2D eigenvalue weighted by Gasteiger charge is -2.09. The van der Waals surface area contributed by atoms with E-state index in [0.29, 0.717) is 17.1 Å². The van der Waals surface area contributed by atoms with Crippen LogP contribution in [0.4, 0.5) is 11.5 Å². The van der Waals surface area contributed by atoms with E-state index >= 15 is 0 Å². The van der Waals surface area contributed by atoms with E-state index in [1.54, 1.807) is 18.2 Å². The molecule has 3 rings (SSSR count). The van der Waals surface area contributed by atoms with Gasteiger partial charge in [-0.1, -0.05) is 36.4 Å². The number of aliphatic carboxylic acids is 1. The van der Waals surface area contributed by atoms with Crippen molar-refractivity contribution >= 4 is 17.5 Å². The first-order valence-electron chi connectivity index (χ1n) is 7.32. The van der Waals surface area contributed by atoms with Gasteiger partial charge in [0, 0.05) is 5.56 Å². The zero-order valence-corrected chi connectivity index (χ0v) is 12.7. The third-order valence-corrected chi connectivity index (χ3v) is 3.41. The fourth-order valence-corrected chi connectivity index (χ4v) is 2.27. The molecule has 120 valence electrons. The van der Waals surface area contributed by atoms with E-state index < -0.39 is 5.97 Å². The number of hydrogen-bond donors (Lipinski definition) is 3. The van der Waals surface area contributed by atoms with Crippen LogP contribution in [0.25, 0.3) is 11.3 Å². The quantitative estimate of drug-likeness (QED) is 0.625. The number of carbonyl (C=O) groups is 1. The van der Waals surface area contributed by atoms with Crippen molar-refractivity contribution in [3.05, 3.63) is 66.2 Å². The van der Waals surface area contributed by atoms with Crippen molar-refractivity contribution in [3.63, 3.8) is 0 Å². The van der Waals surface area contributed by atoms with Gasteiger partial charge in [-0.15, -0.1) is 10.2 Å². The average Bonchev–Trinajstić information content (AvgIpc) is 2.59. The summed E-state index contributed by atoms with van der Waals surface area (Å²) in [5.41, 5.74) is 2.67. The largest absolute Gasteiger partial charge is 0.506 e. The molecule has 3 N–H and O–H groups in total. The number of carboxylic acid groups (broad SMARTS) is 1. The van der Waals surface area contributed by atoms with Gasteiger partial charge in [0.2, 0.25) is 0 Å². The highest BCUT2D eigenvalue weighted by molar-refractivity contribution is 5.72. The van der Waals surface area contributed by atoms with Crippen LogP contribution >= 0.6 is 0 Å². The SMILES string of the molecule is O=C(O)Cc1ccc(O)c(Nc2ccc(-c3ccccc3)nn2)c1.